The Morgan fingerprint density at radius 3 is 2.56 bits per heavy atom. The van der Waals surface area contributed by atoms with Crippen LogP contribution < -0.4 is 5.32 Å². The minimum absolute atomic E-state index is 0.0156. The monoisotopic (exact) mass is 124 g/mol. The summed E-state index contributed by atoms with van der Waals surface area (Å²) in [5, 5.41) is 3.17. The van der Waals surface area contributed by atoms with Crippen molar-refractivity contribution < 1.29 is 0 Å². The molecular weight excluding hydrogens is 112 g/mol. The lowest BCUT2D eigenvalue weighted by Gasteiger charge is -2.29. The Morgan fingerprint density at radius 1 is 1.67 bits per heavy atom. The predicted molar refractivity (Wildman–Crippen MR) is 38.4 cm³/mol. The van der Waals surface area contributed by atoms with Crippen molar-refractivity contribution in [3.05, 3.63) is 25.2 Å². The fraction of sp³-hybridized carbons (Fsp3) is 0.429. The fourth-order valence-electron chi connectivity index (χ4n) is 0.871. The normalized spacial score (nSPS) is 21.8. The summed E-state index contributed by atoms with van der Waals surface area (Å²) in [6.45, 7) is 7.86. The second-order valence-electron chi connectivity index (χ2n) is 2.61. The predicted octanol–water partition coefficient (Wildman–Crippen LogP) is 1.24. The molecule has 0 unspecified atom stereocenters. The highest BCUT2D eigenvalue weighted by molar-refractivity contribution is 5.03. The highest BCUT2D eigenvalue weighted by Gasteiger charge is 2.23. The Hall–Kier alpha value is -0.920. The van der Waals surface area contributed by atoms with E-state index in [1.54, 1.807) is 6.20 Å². The van der Waals surface area contributed by atoms with Gasteiger partial charge in [-0.05, 0) is 20.0 Å². The number of hydrogen-bond acceptors (Lipinski definition) is 2. The summed E-state index contributed by atoms with van der Waals surface area (Å²) >= 11 is 0. The lowest BCUT2D eigenvalue weighted by Crippen LogP contribution is -2.42. The Labute approximate surface area is 55.9 Å². The molecule has 0 bridgehead atoms. The largest absolute Gasteiger partial charge is 0.368 e. The van der Waals surface area contributed by atoms with Crippen LogP contribution in [0, 0.1) is 0 Å². The highest BCUT2D eigenvalue weighted by Crippen LogP contribution is 2.15. The van der Waals surface area contributed by atoms with Gasteiger partial charge in [0.05, 0.1) is 0 Å². The maximum absolute atomic E-state index is 3.67. The van der Waals surface area contributed by atoms with E-state index in [0.29, 0.717) is 0 Å². The van der Waals surface area contributed by atoms with Gasteiger partial charge >= 0.3 is 0 Å². The van der Waals surface area contributed by atoms with Gasteiger partial charge in [-0.3, -0.25) is 0 Å². The first kappa shape index (κ1) is 6.20. The van der Waals surface area contributed by atoms with Gasteiger partial charge in [0.1, 0.15) is 5.66 Å². The van der Waals surface area contributed by atoms with Crippen molar-refractivity contribution in [1.82, 2.24) is 10.2 Å². The highest BCUT2D eigenvalue weighted by atomic mass is 15.3. The molecule has 0 aliphatic carbocycles. The third kappa shape index (κ3) is 0.922. The lowest BCUT2D eigenvalue weighted by molar-refractivity contribution is 0.251. The molecule has 1 heterocycles. The zero-order chi connectivity index (χ0) is 6.91. The lowest BCUT2D eigenvalue weighted by atomic mass is 10.2. The molecule has 0 saturated carbocycles. The van der Waals surface area contributed by atoms with E-state index in [9.17, 15) is 0 Å². The minimum atomic E-state index is 0.0156. The van der Waals surface area contributed by atoms with Gasteiger partial charge in [0, 0.05) is 12.4 Å². The number of rotatable bonds is 1. The Bertz CT molecular complexity index is 147. The van der Waals surface area contributed by atoms with Gasteiger partial charge in [-0.25, -0.2) is 0 Å². The maximum atomic E-state index is 3.67. The van der Waals surface area contributed by atoms with Crippen LogP contribution in [0.3, 0.4) is 0 Å². The van der Waals surface area contributed by atoms with Crippen molar-refractivity contribution in [2.45, 2.75) is 19.5 Å². The zero-order valence-corrected chi connectivity index (χ0v) is 5.89. The maximum Gasteiger partial charge on any atom is 0.108 e. The molecule has 0 spiro atoms. The fourth-order valence-corrected chi connectivity index (χ4v) is 0.871. The average Bonchev–Trinajstić information content (AvgIpc) is 2.08. The topological polar surface area (TPSA) is 15.3 Å². The third-order valence-corrected chi connectivity index (χ3v) is 1.51. The first-order chi connectivity index (χ1) is 4.17. The van der Waals surface area contributed by atoms with Crippen molar-refractivity contribution in [1.29, 1.82) is 0 Å². The molecule has 0 atom stereocenters. The molecule has 1 aliphatic rings. The van der Waals surface area contributed by atoms with Crippen LogP contribution in [-0.4, -0.2) is 10.6 Å². The van der Waals surface area contributed by atoms with Crippen LogP contribution in [0.25, 0.3) is 0 Å². The number of nitrogens with one attached hydrogen (secondary N) is 1. The summed E-state index contributed by atoms with van der Waals surface area (Å²) in [6.07, 6.45) is 5.69. The molecule has 0 saturated heterocycles. The number of hydrogen-bond donors (Lipinski definition) is 1. The first-order valence-corrected chi connectivity index (χ1v) is 3.02. The Kier molecular flexibility index (Phi) is 1.24. The Morgan fingerprint density at radius 2 is 2.33 bits per heavy atom. The molecule has 2 nitrogen and oxygen atoms in total. The van der Waals surface area contributed by atoms with Crippen molar-refractivity contribution in [3.8, 4) is 0 Å². The van der Waals surface area contributed by atoms with E-state index in [1.165, 1.54) is 0 Å². The SMILES string of the molecule is C=CN1C=CNC1(C)C. The van der Waals surface area contributed by atoms with Gasteiger partial charge in [0.25, 0.3) is 0 Å². The van der Waals surface area contributed by atoms with Crippen LogP contribution >= 0.6 is 0 Å². The standard InChI is InChI=1S/C7H12N2/c1-4-9-6-5-8-7(9,2)3/h4-6,8H,1H2,2-3H3. The van der Waals surface area contributed by atoms with E-state index in [1.807, 2.05) is 17.3 Å². The van der Waals surface area contributed by atoms with E-state index in [4.69, 9.17) is 0 Å². The van der Waals surface area contributed by atoms with Crippen molar-refractivity contribution in [3.63, 3.8) is 0 Å². The van der Waals surface area contributed by atoms with Crippen LogP contribution in [0.1, 0.15) is 13.8 Å². The molecule has 0 aromatic rings. The summed E-state index contributed by atoms with van der Waals surface area (Å²) in [7, 11) is 0. The molecule has 0 aromatic carbocycles. The molecule has 2 heteroatoms. The van der Waals surface area contributed by atoms with Crippen LogP contribution in [-0.2, 0) is 0 Å². The molecule has 1 aliphatic heterocycles. The van der Waals surface area contributed by atoms with Crippen molar-refractivity contribution in [2.24, 2.45) is 0 Å². The molecule has 50 valence electrons. The van der Waals surface area contributed by atoms with E-state index in [2.05, 4.69) is 25.7 Å². The number of nitrogens with zero attached hydrogens (tertiary/aromatic N) is 1. The third-order valence-electron chi connectivity index (χ3n) is 1.51. The van der Waals surface area contributed by atoms with E-state index in [-0.39, 0.29) is 5.66 Å². The molecule has 0 amide bonds. The smallest absolute Gasteiger partial charge is 0.108 e. The summed E-state index contributed by atoms with van der Waals surface area (Å²) in [4.78, 5) is 2.02. The molecule has 9 heavy (non-hydrogen) atoms. The Balaban J connectivity index is 2.71. The quantitative estimate of drug-likeness (QED) is 0.565. The zero-order valence-electron chi connectivity index (χ0n) is 5.89. The van der Waals surface area contributed by atoms with Crippen LogP contribution in [0.4, 0.5) is 0 Å². The van der Waals surface area contributed by atoms with Gasteiger partial charge in [0.2, 0.25) is 0 Å². The molecule has 1 N–H and O–H groups in total. The molecule has 0 aromatic heterocycles. The average molecular weight is 124 g/mol. The summed E-state index contributed by atoms with van der Waals surface area (Å²) in [5.41, 5.74) is 0.0156. The summed E-state index contributed by atoms with van der Waals surface area (Å²) in [6, 6.07) is 0. The van der Waals surface area contributed by atoms with E-state index < -0.39 is 0 Å². The van der Waals surface area contributed by atoms with E-state index in [0.717, 1.165) is 0 Å². The van der Waals surface area contributed by atoms with Crippen LogP contribution in [0.15, 0.2) is 25.2 Å². The second kappa shape index (κ2) is 1.79. The molecule has 1 rings (SSSR count). The van der Waals surface area contributed by atoms with Crippen molar-refractivity contribution in [2.75, 3.05) is 0 Å². The summed E-state index contributed by atoms with van der Waals surface area (Å²) < 4.78 is 0. The van der Waals surface area contributed by atoms with Crippen LogP contribution in [0.2, 0.25) is 0 Å². The summed E-state index contributed by atoms with van der Waals surface area (Å²) in [5.74, 6) is 0. The molecule has 0 fully saturated rings. The van der Waals surface area contributed by atoms with Crippen LogP contribution in [0.5, 0.6) is 0 Å². The van der Waals surface area contributed by atoms with Gasteiger partial charge in [0.15, 0.2) is 0 Å². The minimum Gasteiger partial charge on any atom is -0.368 e. The van der Waals surface area contributed by atoms with Gasteiger partial charge in [-0.2, -0.15) is 0 Å². The van der Waals surface area contributed by atoms with Gasteiger partial charge in [-0.1, -0.05) is 6.58 Å². The van der Waals surface area contributed by atoms with Gasteiger partial charge in [-0.15, -0.1) is 0 Å². The van der Waals surface area contributed by atoms with E-state index >= 15 is 0 Å². The van der Waals surface area contributed by atoms with Gasteiger partial charge < -0.3 is 10.2 Å². The first-order valence-electron chi connectivity index (χ1n) is 3.02. The second-order valence-corrected chi connectivity index (χ2v) is 2.61. The molecular formula is C7H12N2. The van der Waals surface area contributed by atoms with Crippen molar-refractivity contribution >= 4 is 0 Å². The molecule has 0 radical (unpaired) electrons.